The Hall–Kier alpha value is -3.41. The normalized spacial score (nSPS) is 23.7. The van der Waals surface area contributed by atoms with Gasteiger partial charge in [0, 0.05) is 29.9 Å². The van der Waals surface area contributed by atoms with E-state index < -0.39 is 5.54 Å². The van der Waals surface area contributed by atoms with Crippen LogP contribution in [0.5, 0.6) is 0 Å². The number of hydrogen-bond donors (Lipinski definition) is 1. The molecule has 5 nitrogen and oxygen atoms in total. The summed E-state index contributed by atoms with van der Waals surface area (Å²) in [4.78, 5) is 15.3. The highest BCUT2D eigenvalue weighted by atomic mass is 35.5. The molecule has 0 bridgehead atoms. The quantitative estimate of drug-likeness (QED) is 0.154. The first kappa shape index (κ1) is 39.4. The zero-order chi connectivity index (χ0) is 36.3. The Bertz CT molecular complexity index is 1520. The van der Waals surface area contributed by atoms with Crippen LogP contribution in [-0.2, 0) is 15.1 Å². The van der Waals surface area contributed by atoms with E-state index in [1.807, 2.05) is 42.9 Å². The van der Waals surface area contributed by atoms with Gasteiger partial charge in [-0.15, -0.1) is 0 Å². The minimum Gasteiger partial charge on any atom is -0.462 e. The second-order valence-electron chi connectivity index (χ2n) is 15.3. The Morgan fingerprint density at radius 2 is 1.32 bits per heavy atom. The number of aromatic nitrogens is 2. The molecule has 0 radical (unpaired) electrons. The SMILES string of the molecule is CC(=O)O[C@@H]1C[C@H](C)CC[C@H]1C(C)C.CC(C)[C@@H]1CC[C@@H](C)C[C@H]1O.Clc1ccccc1C(c1ccccc1)(c1ccccc1)n1ccnc1. The van der Waals surface area contributed by atoms with Crippen molar-refractivity contribution in [2.45, 2.75) is 105 Å². The summed E-state index contributed by atoms with van der Waals surface area (Å²) in [5.41, 5.74) is 2.70. The van der Waals surface area contributed by atoms with Crippen molar-refractivity contribution >= 4 is 17.6 Å². The summed E-state index contributed by atoms with van der Waals surface area (Å²) < 4.78 is 7.52. The molecule has 2 aliphatic rings. The van der Waals surface area contributed by atoms with E-state index in [2.05, 4.69) is 106 Å². The molecule has 6 heteroatoms. The van der Waals surface area contributed by atoms with Gasteiger partial charge >= 0.3 is 5.97 Å². The highest BCUT2D eigenvalue weighted by molar-refractivity contribution is 6.31. The molecule has 50 heavy (non-hydrogen) atoms. The second-order valence-corrected chi connectivity index (χ2v) is 15.7. The molecule has 0 spiro atoms. The van der Waals surface area contributed by atoms with Gasteiger partial charge in [-0.1, -0.05) is 145 Å². The van der Waals surface area contributed by atoms with Crippen molar-refractivity contribution in [3.8, 4) is 0 Å². The number of esters is 1. The first-order valence-electron chi connectivity index (χ1n) is 18.6. The third-order valence-electron chi connectivity index (χ3n) is 10.8. The number of aliphatic hydroxyl groups excluding tert-OH is 1. The minimum absolute atomic E-state index is 0.0289. The molecule has 6 atom stereocenters. The van der Waals surface area contributed by atoms with E-state index in [4.69, 9.17) is 16.3 Å². The van der Waals surface area contributed by atoms with Crippen molar-refractivity contribution in [2.75, 3.05) is 0 Å². The number of benzene rings is 3. The standard InChI is InChI=1S/C22H17ClN2.C12H22O2.C10H20O/c23-21-14-8-7-13-20(21)22(25-16-15-24-17-25,18-9-3-1-4-10-18)19-11-5-2-6-12-19;1-8(2)11-6-5-9(3)7-12(11)14-10(4)13;1-7(2)9-5-4-8(3)6-10(9)11/h1-17H;8-9,11-12H,5-7H2,1-4H3;7-11H,4-6H2,1-3H3/t;9-,11+,12-;8-,9+,10-/m.11/s1. The van der Waals surface area contributed by atoms with Crippen molar-refractivity contribution in [2.24, 2.45) is 35.5 Å². The number of aliphatic hydroxyl groups is 1. The van der Waals surface area contributed by atoms with Crippen LogP contribution >= 0.6 is 11.6 Å². The number of imidazole rings is 1. The molecule has 2 aliphatic carbocycles. The van der Waals surface area contributed by atoms with Crippen LogP contribution in [0.25, 0.3) is 0 Å². The summed E-state index contributed by atoms with van der Waals surface area (Å²) >= 11 is 6.69. The highest BCUT2D eigenvalue weighted by Crippen LogP contribution is 2.43. The first-order chi connectivity index (χ1) is 23.9. The van der Waals surface area contributed by atoms with Gasteiger partial charge in [0.2, 0.25) is 0 Å². The molecule has 3 aromatic carbocycles. The Kier molecular flexibility index (Phi) is 14.7. The average molecular weight is 699 g/mol. The van der Waals surface area contributed by atoms with Gasteiger partial charge in [0.25, 0.3) is 0 Å². The number of hydrogen-bond acceptors (Lipinski definition) is 4. The molecule has 0 unspecified atom stereocenters. The zero-order valence-corrected chi connectivity index (χ0v) is 32.0. The smallest absolute Gasteiger partial charge is 0.302 e. The lowest BCUT2D eigenvalue weighted by Crippen LogP contribution is -2.37. The molecule has 2 saturated carbocycles. The van der Waals surface area contributed by atoms with Crippen LogP contribution in [0.3, 0.4) is 0 Å². The molecule has 1 N–H and O–H groups in total. The molecule has 2 fully saturated rings. The van der Waals surface area contributed by atoms with Crippen molar-refractivity contribution in [3.63, 3.8) is 0 Å². The fourth-order valence-corrected chi connectivity index (χ4v) is 8.37. The summed E-state index contributed by atoms with van der Waals surface area (Å²) in [6.45, 7) is 14.9. The summed E-state index contributed by atoms with van der Waals surface area (Å²) in [5, 5.41) is 10.4. The maximum atomic E-state index is 11.0. The number of ether oxygens (including phenoxy) is 1. The van der Waals surface area contributed by atoms with Crippen LogP contribution in [0.4, 0.5) is 0 Å². The van der Waals surface area contributed by atoms with Crippen LogP contribution < -0.4 is 0 Å². The molecule has 6 rings (SSSR count). The number of carbonyl (C=O) groups is 1. The van der Waals surface area contributed by atoms with Gasteiger partial charge in [-0.2, -0.15) is 0 Å². The van der Waals surface area contributed by atoms with Gasteiger partial charge in [-0.05, 0) is 78.4 Å². The average Bonchev–Trinajstić information content (AvgIpc) is 3.62. The first-order valence-corrected chi connectivity index (χ1v) is 19.0. The molecule has 0 aliphatic heterocycles. The minimum atomic E-state index is -0.586. The third kappa shape index (κ3) is 9.88. The fourth-order valence-electron chi connectivity index (χ4n) is 8.10. The molecule has 1 heterocycles. The fraction of sp³-hybridized carbons (Fsp3) is 0.500. The van der Waals surface area contributed by atoms with E-state index in [1.54, 1.807) is 6.20 Å². The van der Waals surface area contributed by atoms with Crippen LogP contribution in [0.2, 0.25) is 5.02 Å². The van der Waals surface area contributed by atoms with Crippen molar-refractivity contribution < 1.29 is 14.6 Å². The summed E-state index contributed by atoms with van der Waals surface area (Å²) in [7, 11) is 0. The molecule has 270 valence electrons. The van der Waals surface area contributed by atoms with Gasteiger partial charge in [-0.25, -0.2) is 4.98 Å². The van der Waals surface area contributed by atoms with Gasteiger partial charge in [0.15, 0.2) is 0 Å². The molecule has 1 aromatic heterocycles. The van der Waals surface area contributed by atoms with Crippen LogP contribution in [-0.4, -0.2) is 32.8 Å². The lowest BCUT2D eigenvalue weighted by atomic mass is 9.75. The van der Waals surface area contributed by atoms with E-state index in [-0.39, 0.29) is 18.2 Å². The topological polar surface area (TPSA) is 64.3 Å². The number of nitrogens with zero attached hydrogens (tertiary/aromatic N) is 2. The summed E-state index contributed by atoms with van der Waals surface area (Å²) in [6, 6.07) is 28.8. The van der Waals surface area contributed by atoms with Crippen molar-refractivity contribution in [3.05, 3.63) is 125 Å². The van der Waals surface area contributed by atoms with E-state index >= 15 is 0 Å². The number of carbonyl (C=O) groups excluding carboxylic acids is 1. The van der Waals surface area contributed by atoms with Gasteiger partial charge in [0.05, 0.1) is 12.4 Å². The van der Waals surface area contributed by atoms with E-state index in [0.717, 1.165) is 40.5 Å². The third-order valence-corrected chi connectivity index (χ3v) is 11.1. The Morgan fingerprint density at radius 3 is 1.80 bits per heavy atom. The van der Waals surface area contributed by atoms with Gasteiger partial charge < -0.3 is 14.4 Å². The Labute approximate surface area is 306 Å². The molecule has 0 saturated heterocycles. The van der Waals surface area contributed by atoms with Crippen LogP contribution in [0, 0.1) is 35.5 Å². The van der Waals surface area contributed by atoms with Crippen molar-refractivity contribution in [1.29, 1.82) is 0 Å². The van der Waals surface area contributed by atoms with E-state index in [1.165, 1.54) is 32.6 Å². The van der Waals surface area contributed by atoms with Crippen LogP contribution in [0.1, 0.15) is 104 Å². The second kappa shape index (κ2) is 18.7. The van der Waals surface area contributed by atoms with Gasteiger partial charge in [-0.3, -0.25) is 4.79 Å². The van der Waals surface area contributed by atoms with E-state index in [0.29, 0.717) is 29.6 Å². The molecular weight excluding hydrogens is 640 g/mol. The lowest BCUT2D eigenvalue weighted by Gasteiger charge is -2.37. The largest absolute Gasteiger partial charge is 0.462 e. The lowest BCUT2D eigenvalue weighted by molar-refractivity contribution is -0.153. The monoisotopic (exact) mass is 698 g/mol. The Balaban J connectivity index is 0.000000190. The number of halogens is 1. The highest BCUT2D eigenvalue weighted by Gasteiger charge is 2.39. The summed E-state index contributed by atoms with van der Waals surface area (Å²) in [6.07, 6.45) is 12.8. The maximum absolute atomic E-state index is 11.0. The van der Waals surface area contributed by atoms with Crippen molar-refractivity contribution in [1.82, 2.24) is 9.55 Å². The molecule has 4 aromatic rings. The molecular formula is C44H59ClN2O3. The van der Waals surface area contributed by atoms with Crippen LogP contribution in [0.15, 0.2) is 104 Å². The zero-order valence-electron chi connectivity index (χ0n) is 31.2. The summed E-state index contributed by atoms with van der Waals surface area (Å²) in [5.74, 6) is 3.70. The predicted octanol–water partition coefficient (Wildman–Crippen LogP) is 10.8. The Morgan fingerprint density at radius 1 is 0.800 bits per heavy atom. The van der Waals surface area contributed by atoms with Gasteiger partial charge in [0.1, 0.15) is 11.6 Å². The van der Waals surface area contributed by atoms with E-state index in [9.17, 15) is 9.90 Å². The maximum Gasteiger partial charge on any atom is 0.302 e. The predicted molar refractivity (Wildman–Crippen MR) is 206 cm³/mol. The molecule has 0 amide bonds. The number of rotatable bonds is 7.